The predicted molar refractivity (Wildman–Crippen MR) is 74.2 cm³/mol. The molecule has 0 spiro atoms. The van der Waals surface area contributed by atoms with Crippen LogP contribution < -0.4 is 10.0 Å². The van der Waals surface area contributed by atoms with Crippen LogP contribution in [0, 0.1) is 5.92 Å². The van der Waals surface area contributed by atoms with Gasteiger partial charge in [0.25, 0.3) is 0 Å². The number of carbonyl (C=O) groups is 1. The Morgan fingerprint density at radius 3 is 2.80 bits per heavy atom. The summed E-state index contributed by atoms with van der Waals surface area (Å²) < 4.78 is 26.9. The molecule has 1 aliphatic heterocycles. The van der Waals surface area contributed by atoms with Crippen molar-refractivity contribution in [1.29, 1.82) is 0 Å². The van der Waals surface area contributed by atoms with Crippen molar-refractivity contribution in [2.75, 3.05) is 13.1 Å². The number of rotatable bonds is 4. The minimum absolute atomic E-state index is 0.0717. The van der Waals surface area contributed by atoms with Crippen molar-refractivity contribution in [2.24, 2.45) is 5.92 Å². The Morgan fingerprint density at radius 1 is 1.40 bits per heavy atom. The summed E-state index contributed by atoms with van der Waals surface area (Å²) in [7, 11) is -3.70. The van der Waals surface area contributed by atoms with Crippen LogP contribution in [0.2, 0.25) is 5.02 Å². The van der Waals surface area contributed by atoms with Crippen molar-refractivity contribution in [3.63, 3.8) is 0 Å². The number of hydrogen-bond donors (Lipinski definition) is 3. The Labute approximate surface area is 122 Å². The number of halogens is 1. The van der Waals surface area contributed by atoms with E-state index in [2.05, 4.69) is 10.0 Å². The number of piperidine rings is 1. The molecule has 6 nitrogen and oxygen atoms in total. The van der Waals surface area contributed by atoms with E-state index in [1.807, 2.05) is 0 Å². The zero-order valence-corrected chi connectivity index (χ0v) is 12.1. The average molecular weight is 319 g/mol. The molecule has 110 valence electrons. The first kappa shape index (κ1) is 15.2. The maximum atomic E-state index is 12.2. The van der Waals surface area contributed by atoms with Crippen molar-refractivity contribution in [3.8, 4) is 0 Å². The molecule has 2 rings (SSSR count). The van der Waals surface area contributed by atoms with Crippen molar-refractivity contribution in [2.45, 2.75) is 17.4 Å². The van der Waals surface area contributed by atoms with E-state index in [0.717, 1.165) is 0 Å². The number of carboxylic acid groups (broad SMARTS) is 1. The number of aliphatic carboxylic acids is 1. The number of carboxylic acids is 1. The fourth-order valence-electron chi connectivity index (χ4n) is 2.14. The van der Waals surface area contributed by atoms with Crippen molar-refractivity contribution in [3.05, 3.63) is 29.3 Å². The molecule has 1 saturated heterocycles. The van der Waals surface area contributed by atoms with E-state index in [1.54, 1.807) is 12.1 Å². The third-order valence-electron chi connectivity index (χ3n) is 3.13. The lowest BCUT2D eigenvalue weighted by Gasteiger charge is -2.28. The zero-order valence-electron chi connectivity index (χ0n) is 10.5. The van der Waals surface area contributed by atoms with Gasteiger partial charge in [-0.3, -0.25) is 4.79 Å². The van der Waals surface area contributed by atoms with Crippen LogP contribution in [-0.4, -0.2) is 38.6 Å². The predicted octanol–water partition coefficient (Wildman–Crippen LogP) is 0.681. The van der Waals surface area contributed by atoms with Crippen LogP contribution in [0.5, 0.6) is 0 Å². The first-order chi connectivity index (χ1) is 9.38. The minimum atomic E-state index is -3.70. The third-order valence-corrected chi connectivity index (χ3v) is 4.88. The molecule has 1 aromatic rings. The van der Waals surface area contributed by atoms with Gasteiger partial charge in [0, 0.05) is 24.2 Å². The lowest BCUT2D eigenvalue weighted by atomic mass is 9.97. The second-order valence-electron chi connectivity index (χ2n) is 4.70. The summed E-state index contributed by atoms with van der Waals surface area (Å²) in [4.78, 5) is 11.0. The molecular formula is C12H15ClN2O4S. The monoisotopic (exact) mass is 318 g/mol. The van der Waals surface area contributed by atoms with E-state index in [0.29, 0.717) is 18.1 Å². The van der Waals surface area contributed by atoms with Gasteiger partial charge < -0.3 is 10.4 Å². The van der Waals surface area contributed by atoms with Gasteiger partial charge in [0.15, 0.2) is 0 Å². The summed E-state index contributed by atoms with van der Waals surface area (Å²) in [5, 5.41) is 12.2. The highest BCUT2D eigenvalue weighted by Crippen LogP contribution is 2.18. The van der Waals surface area contributed by atoms with Crippen LogP contribution >= 0.6 is 11.6 Å². The normalized spacial score (nSPS) is 23.4. The Balaban J connectivity index is 2.10. The quantitative estimate of drug-likeness (QED) is 0.759. The number of benzene rings is 1. The van der Waals surface area contributed by atoms with Crippen LogP contribution in [-0.2, 0) is 14.8 Å². The molecule has 2 unspecified atom stereocenters. The summed E-state index contributed by atoms with van der Waals surface area (Å²) in [5.41, 5.74) is 0. The highest BCUT2D eigenvalue weighted by Gasteiger charge is 2.29. The first-order valence-corrected chi connectivity index (χ1v) is 7.96. The van der Waals surface area contributed by atoms with E-state index in [1.165, 1.54) is 12.1 Å². The van der Waals surface area contributed by atoms with Crippen molar-refractivity contribution < 1.29 is 18.3 Å². The molecular weight excluding hydrogens is 304 g/mol. The summed E-state index contributed by atoms with van der Waals surface area (Å²) >= 11 is 5.78. The van der Waals surface area contributed by atoms with Crippen molar-refractivity contribution >= 4 is 27.6 Å². The van der Waals surface area contributed by atoms with Gasteiger partial charge in [0.2, 0.25) is 10.0 Å². The van der Waals surface area contributed by atoms with E-state index < -0.39 is 28.0 Å². The van der Waals surface area contributed by atoms with Gasteiger partial charge in [-0.1, -0.05) is 17.7 Å². The standard InChI is InChI=1S/C12H15ClN2O4S/c13-9-2-1-3-11(5-9)20(18,19)15-10-4-8(12(16)17)6-14-7-10/h1-3,5,8,10,14-15H,4,6-7H2,(H,16,17). The molecule has 8 heteroatoms. The van der Waals surface area contributed by atoms with Crippen LogP contribution in [0.1, 0.15) is 6.42 Å². The molecule has 1 fully saturated rings. The van der Waals surface area contributed by atoms with E-state index in [-0.39, 0.29) is 11.3 Å². The molecule has 1 aliphatic rings. The van der Waals surface area contributed by atoms with Crippen LogP contribution in [0.25, 0.3) is 0 Å². The number of hydrogen-bond acceptors (Lipinski definition) is 4. The smallest absolute Gasteiger partial charge is 0.307 e. The highest BCUT2D eigenvalue weighted by atomic mass is 35.5. The molecule has 3 N–H and O–H groups in total. The summed E-state index contributed by atoms with van der Waals surface area (Å²) in [6, 6.07) is 5.49. The molecule has 0 aliphatic carbocycles. The lowest BCUT2D eigenvalue weighted by molar-refractivity contribution is -0.142. The zero-order chi connectivity index (χ0) is 14.8. The average Bonchev–Trinajstić information content (AvgIpc) is 2.38. The second-order valence-corrected chi connectivity index (χ2v) is 6.86. The Bertz CT molecular complexity index is 605. The van der Waals surface area contributed by atoms with E-state index in [4.69, 9.17) is 16.7 Å². The Hall–Kier alpha value is -1.15. The van der Waals surface area contributed by atoms with Gasteiger partial charge in [-0.2, -0.15) is 0 Å². The van der Waals surface area contributed by atoms with Gasteiger partial charge in [-0.25, -0.2) is 13.1 Å². The van der Waals surface area contributed by atoms with E-state index >= 15 is 0 Å². The van der Waals surface area contributed by atoms with Gasteiger partial charge in [-0.15, -0.1) is 0 Å². The summed E-state index contributed by atoms with van der Waals surface area (Å²) in [6.45, 7) is 0.758. The topological polar surface area (TPSA) is 95.5 Å². The summed E-state index contributed by atoms with van der Waals surface area (Å²) in [5.74, 6) is -1.51. The fourth-order valence-corrected chi connectivity index (χ4v) is 3.69. The van der Waals surface area contributed by atoms with Crippen LogP contribution in [0.4, 0.5) is 0 Å². The molecule has 0 aromatic heterocycles. The molecule has 0 bridgehead atoms. The fraction of sp³-hybridized carbons (Fsp3) is 0.417. The molecule has 1 aromatic carbocycles. The van der Waals surface area contributed by atoms with Crippen LogP contribution in [0.15, 0.2) is 29.2 Å². The van der Waals surface area contributed by atoms with Crippen LogP contribution in [0.3, 0.4) is 0 Å². The second kappa shape index (κ2) is 6.09. The number of sulfonamides is 1. The Morgan fingerprint density at radius 2 is 2.15 bits per heavy atom. The molecule has 0 saturated carbocycles. The molecule has 1 heterocycles. The SMILES string of the molecule is O=C(O)C1CNCC(NS(=O)(=O)c2cccc(Cl)c2)C1. The van der Waals surface area contributed by atoms with E-state index in [9.17, 15) is 13.2 Å². The summed E-state index contributed by atoms with van der Waals surface area (Å²) in [6.07, 6.45) is 0.266. The molecule has 0 radical (unpaired) electrons. The first-order valence-electron chi connectivity index (χ1n) is 6.10. The molecule has 2 atom stereocenters. The number of nitrogens with one attached hydrogen (secondary N) is 2. The Kier molecular flexibility index (Phi) is 4.64. The molecule has 0 amide bonds. The lowest BCUT2D eigenvalue weighted by Crippen LogP contribution is -2.50. The van der Waals surface area contributed by atoms with Crippen molar-refractivity contribution in [1.82, 2.24) is 10.0 Å². The van der Waals surface area contributed by atoms with Gasteiger partial charge in [-0.05, 0) is 24.6 Å². The van der Waals surface area contributed by atoms with Gasteiger partial charge >= 0.3 is 5.97 Å². The highest BCUT2D eigenvalue weighted by molar-refractivity contribution is 7.89. The minimum Gasteiger partial charge on any atom is -0.481 e. The van der Waals surface area contributed by atoms with Gasteiger partial charge in [0.05, 0.1) is 10.8 Å². The maximum Gasteiger partial charge on any atom is 0.307 e. The third kappa shape index (κ3) is 3.69. The van der Waals surface area contributed by atoms with Gasteiger partial charge in [0.1, 0.15) is 0 Å². The molecule has 20 heavy (non-hydrogen) atoms. The largest absolute Gasteiger partial charge is 0.481 e. The maximum absolute atomic E-state index is 12.2.